The first-order valence-corrected chi connectivity index (χ1v) is 9.39. The van der Waals surface area contributed by atoms with Crippen LogP contribution in [0.3, 0.4) is 0 Å². The molecule has 2 heterocycles. The number of furan rings is 1. The van der Waals surface area contributed by atoms with Gasteiger partial charge in [0.05, 0.1) is 18.9 Å². The molecule has 0 bridgehead atoms. The largest absolute Gasteiger partial charge is 0.467 e. The maximum Gasteiger partial charge on any atom is 0.169 e. The normalized spacial score (nSPS) is 16.8. The maximum atomic E-state index is 6.32. The molecule has 0 radical (unpaired) electrons. The Morgan fingerprint density at radius 3 is 2.84 bits per heavy atom. The van der Waals surface area contributed by atoms with E-state index in [1.54, 1.807) is 12.3 Å². The molecule has 1 atom stereocenters. The van der Waals surface area contributed by atoms with Crippen LogP contribution in [-0.2, 0) is 17.8 Å². The maximum absolute atomic E-state index is 6.32. The number of nitrogens with one attached hydrogen (secondary N) is 1. The summed E-state index contributed by atoms with van der Waals surface area (Å²) in [4.78, 5) is 2.03. The van der Waals surface area contributed by atoms with E-state index in [1.165, 1.54) is 0 Å². The van der Waals surface area contributed by atoms with Gasteiger partial charge in [-0.2, -0.15) is 0 Å². The summed E-state index contributed by atoms with van der Waals surface area (Å²) in [6.45, 7) is 2.66. The van der Waals surface area contributed by atoms with E-state index in [0.717, 1.165) is 30.8 Å². The third-order valence-electron chi connectivity index (χ3n) is 4.10. The number of halogens is 2. The summed E-state index contributed by atoms with van der Waals surface area (Å²) in [7, 11) is 0. The van der Waals surface area contributed by atoms with E-state index >= 15 is 0 Å². The van der Waals surface area contributed by atoms with Crippen molar-refractivity contribution < 1.29 is 9.15 Å². The topological polar surface area (TPSA) is 37.6 Å². The summed E-state index contributed by atoms with van der Waals surface area (Å²) in [6.07, 6.45) is 4.06. The highest BCUT2D eigenvalue weighted by Gasteiger charge is 2.18. The Kier molecular flexibility index (Phi) is 6.59. The highest BCUT2D eigenvalue weighted by atomic mass is 35.5. The lowest BCUT2D eigenvalue weighted by molar-refractivity contribution is 0.113. The van der Waals surface area contributed by atoms with Crippen LogP contribution in [-0.4, -0.2) is 29.3 Å². The smallest absolute Gasteiger partial charge is 0.169 e. The Morgan fingerprint density at radius 2 is 2.16 bits per heavy atom. The van der Waals surface area contributed by atoms with Crippen molar-refractivity contribution in [3.63, 3.8) is 0 Å². The van der Waals surface area contributed by atoms with Gasteiger partial charge in [0.15, 0.2) is 5.11 Å². The zero-order chi connectivity index (χ0) is 17.6. The summed E-state index contributed by atoms with van der Waals surface area (Å²) < 4.78 is 11.1. The van der Waals surface area contributed by atoms with Crippen LogP contribution < -0.4 is 5.32 Å². The van der Waals surface area contributed by atoms with Crippen molar-refractivity contribution in [2.24, 2.45) is 0 Å². The van der Waals surface area contributed by atoms with Gasteiger partial charge in [-0.3, -0.25) is 0 Å². The van der Waals surface area contributed by atoms with Gasteiger partial charge in [0.25, 0.3) is 0 Å². The van der Waals surface area contributed by atoms with Gasteiger partial charge in [0, 0.05) is 29.7 Å². The summed E-state index contributed by atoms with van der Waals surface area (Å²) in [5.74, 6) is 0.839. The molecular formula is C18H20Cl2N2O2S. The second kappa shape index (κ2) is 8.90. The van der Waals surface area contributed by atoms with Crippen molar-refractivity contribution in [2.75, 3.05) is 13.2 Å². The van der Waals surface area contributed by atoms with Gasteiger partial charge >= 0.3 is 0 Å². The van der Waals surface area contributed by atoms with E-state index in [-0.39, 0.29) is 6.10 Å². The van der Waals surface area contributed by atoms with Gasteiger partial charge in [0.2, 0.25) is 0 Å². The molecule has 0 aliphatic carbocycles. The van der Waals surface area contributed by atoms with Crippen molar-refractivity contribution in [3.8, 4) is 0 Å². The van der Waals surface area contributed by atoms with Crippen molar-refractivity contribution in [1.29, 1.82) is 0 Å². The lowest BCUT2D eigenvalue weighted by Gasteiger charge is -2.26. The third-order valence-corrected chi connectivity index (χ3v) is 5.08. The zero-order valence-corrected chi connectivity index (χ0v) is 16.0. The fourth-order valence-electron chi connectivity index (χ4n) is 2.76. The molecule has 1 aromatic heterocycles. The van der Waals surface area contributed by atoms with E-state index in [4.69, 9.17) is 44.6 Å². The number of hydrogen-bond donors (Lipinski definition) is 1. The number of rotatable bonds is 6. The first kappa shape index (κ1) is 18.5. The molecule has 1 saturated heterocycles. The lowest BCUT2D eigenvalue weighted by atomic mass is 10.2. The van der Waals surface area contributed by atoms with E-state index < -0.39 is 0 Å². The van der Waals surface area contributed by atoms with Crippen LogP contribution in [0.25, 0.3) is 0 Å². The average molecular weight is 399 g/mol. The van der Waals surface area contributed by atoms with Crippen LogP contribution in [0.5, 0.6) is 0 Å². The molecule has 7 heteroatoms. The number of nitrogens with zero attached hydrogens (tertiary/aromatic N) is 1. The molecule has 1 aliphatic rings. The molecule has 0 spiro atoms. The highest BCUT2D eigenvalue weighted by molar-refractivity contribution is 7.80. The van der Waals surface area contributed by atoms with E-state index in [9.17, 15) is 0 Å². The molecule has 4 nitrogen and oxygen atoms in total. The molecule has 1 aliphatic heterocycles. The molecule has 1 N–H and O–H groups in total. The highest BCUT2D eigenvalue weighted by Crippen LogP contribution is 2.23. The number of hydrogen-bond acceptors (Lipinski definition) is 3. The van der Waals surface area contributed by atoms with E-state index in [0.29, 0.717) is 34.8 Å². The minimum atomic E-state index is 0.225. The van der Waals surface area contributed by atoms with Crippen LogP contribution in [0, 0.1) is 0 Å². The minimum Gasteiger partial charge on any atom is -0.467 e. The molecular weight excluding hydrogens is 379 g/mol. The second-order valence-electron chi connectivity index (χ2n) is 5.99. The Bertz CT molecular complexity index is 703. The third kappa shape index (κ3) is 5.35. The van der Waals surface area contributed by atoms with Crippen LogP contribution in [0.2, 0.25) is 10.0 Å². The SMILES string of the molecule is S=C(NC[C@H]1CCCO1)N(Cc1ccco1)Cc1ccc(Cl)cc1Cl. The number of thiocarbonyl (C=S) groups is 1. The molecule has 3 rings (SSSR count). The van der Waals surface area contributed by atoms with Crippen LogP contribution in [0.15, 0.2) is 41.0 Å². The van der Waals surface area contributed by atoms with Gasteiger partial charge < -0.3 is 19.4 Å². The first-order chi connectivity index (χ1) is 12.1. The van der Waals surface area contributed by atoms with E-state index in [2.05, 4.69) is 5.32 Å². The van der Waals surface area contributed by atoms with Crippen molar-refractivity contribution in [3.05, 3.63) is 58.0 Å². The molecule has 0 amide bonds. The average Bonchev–Trinajstić information content (AvgIpc) is 3.28. The van der Waals surface area contributed by atoms with Crippen molar-refractivity contribution >= 4 is 40.5 Å². The monoisotopic (exact) mass is 398 g/mol. The molecule has 1 fully saturated rings. The molecule has 25 heavy (non-hydrogen) atoms. The van der Waals surface area contributed by atoms with Crippen molar-refractivity contribution in [2.45, 2.75) is 32.0 Å². The summed E-state index contributed by atoms with van der Waals surface area (Å²) in [6, 6.07) is 9.29. The lowest BCUT2D eigenvalue weighted by Crippen LogP contribution is -2.41. The first-order valence-electron chi connectivity index (χ1n) is 8.22. The van der Waals surface area contributed by atoms with Crippen LogP contribution in [0.1, 0.15) is 24.2 Å². The Morgan fingerprint density at radius 1 is 1.28 bits per heavy atom. The summed E-state index contributed by atoms with van der Waals surface area (Å²) in [5, 5.41) is 5.20. The fraction of sp³-hybridized carbons (Fsp3) is 0.389. The molecule has 0 unspecified atom stereocenters. The fourth-order valence-corrected chi connectivity index (χ4v) is 3.44. The van der Waals surface area contributed by atoms with Gasteiger partial charge in [-0.1, -0.05) is 29.3 Å². The predicted octanol–water partition coefficient (Wildman–Crippen LogP) is 4.64. The number of benzene rings is 1. The van der Waals surface area contributed by atoms with Gasteiger partial charge in [-0.05, 0) is 54.9 Å². The van der Waals surface area contributed by atoms with Crippen LogP contribution >= 0.6 is 35.4 Å². The second-order valence-corrected chi connectivity index (χ2v) is 7.22. The predicted molar refractivity (Wildman–Crippen MR) is 104 cm³/mol. The van der Waals surface area contributed by atoms with Gasteiger partial charge in [0.1, 0.15) is 5.76 Å². The van der Waals surface area contributed by atoms with Crippen molar-refractivity contribution in [1.82, 2.24) is 10.2 Å². The molecule has 1 aromatic carbocycles. The van der Waals surface area contributed by atoms with E-state index in [1.807, 2.05) is 29.2 Å². The summed E-state index contributed by atoms with van der Waals surface area (Å²) >= 11 is 17.9. The molecule has 134 valence electrons. The minimum absolute atomic E-state index is 0.225. The molecule has 0 saturated carbocycles. The van der Waals surface area contributed by atoms with Gasteiger partial charge in [-0.15, -0.1) is 0 Å². The Balaban J connectivity index is 1.68. The molecule has 2 aromatic rings. The van der Waals surface area contributed by atoms with Gasteiger partial charge in [-0.25, -0.2) is 0 Å². The number of ether oxygens (including phenoxy) is 1. The van der Waals surface area contributed by atoms with Crippen LogP contribution in [0.4, 0.5) is 0 Å². The zero-order valence-electron chi connectivity index (χ0n) is 13.7. The standard InChI is InChI=1S/C18H20Cl2N2O2S/c19-14-6-5-13(17(20)9-14)11-22(12-16-4-2-8-24-16)18(25)21-10-15-3-1-7-23-15/h2,4-6,8-9,15H,1,3,7,10-12H2,(H,21,25)/t15-/m1/s1. The summed E-state index contributed by atoms with van der Waals surface area (Å²) in [5.41, 5.74) is 0.957. The Labute approximate surface area is 163 Å². The Hall–Kier alpha value is -1.27. The quantitative estimate of drug-likeness (QED) is 0.717.